The fourth-order valence-corrected chi connectivity index (χ4v) is 1.24. The molecular weight excluding hydrogens is 222 g/mol. The third-order valence-corrected chi connectivity index (χ3v) is 2.58. The summed E-state index contributed by atoms with van der Waals surface area (Å²) in [4.78, 5) is 22.4. The SMILES string of the molecule is Cc1ccc(C(=O)NCCC(C)(C)C(=O)O)o1. The van der Waals surface area contributed by atoms with E-state index in [1.54, 1.807) is 32.9 Å². The largest absolute Gasteiger partial charge is 0.481 e. The summed E-state index contributed by atoms with van der Waals surface area (Å²) in [5.41, 5.74) is -0.841. The third kappa shape index (κ3) is 3.62. The number of carbonyl (C=O) groups excluding carboxylic acids is 1. The number of nitrogens with one attached hydrogen (secondary N) is 1. The van der Waals surface area contributed by atoms with Crippen molar-refractivity contribution in [3.63, 3.8) is 0 Å². The van der Waals surface area contributed by atoms with Crippen molar-refractivity contribution in [2.24, 2.45) is 5.41 Å². The molecule has 0 saturated carbocycles. The van der Waals surface area contributed by atoms with Gasteiger partial charge in [0.25, 0.3) is 5.91 Å². The lowest BCUT2D eigenvalue weighted by atomic mass is 9.90. The Hall–Kier alpha value is -1.78. The number of aryl methyl sites for hydroxylation is 1. The number of rotatable bonds is 5. The average molecular weight is 239 g/mol. The van der Waals surface area contributed by atoms with Crippen molar-refractivity contribution in [3.8, 4) is 0 Å². The van der Waals surface area contributed by atoms with E-state index in [4.69, 9.17) is 9.52 Å². The molecule has 1 aromatic rings. The zero-order chi connectivity index (χ0) is 13.1. The van der Waals surface area contributed by atoms with Gasteiger partial charge in [0.1, 0.15) is 5.76 Å². The number of amides is 1. The van der Waals surface area contributed by atoms with Crippen LogP contribution in [0, 0.1) is 12.3 Å². The summed E-state index contributed by atoms with van der Waals surface area (Å²) in [6, 6.07) is 3.29. The molecule has 1 heterocycles. The van der Waals surface area contributed by atoms with Crippen LogP contribution < -0.4 is 5.32 Å². The summed E-state index contributed by atoms with van der Waals surface area (Å²) >= 11 is 0. The van der Waals surface area contributed by atoms with Gasteiger partial charge in [0.15, 0.2) is 5.76 Å². The number of aliphatic carboxylic acids is 1. The first-order chi connectivity index (χ1) is 7.83. The average Bonchev–Trinajstić information content (AvgIpc) is 2.64. The number of carboxylic acids is 1. The number of carboxylic acid groups (broad SMARTS) is 1. The topological polar surface area (TPSA) is 79.5 Å². The molecule has 5 heteroatoms. The fourth-order valence-electron chi connectivity index (χ4n) is 1.24. The maximum atomic E-state index is 11.6. The highest BCUT2D eigenvalue weighted by Gasteiger charge is 2.26. The van der Waals surface area contributed by atoms with Gasteiger partial charge in [-0.15, -0.1) is 0 Å². The monoisotopic (exact) mass is 239 g/mol. The molecule has 5 nitrogen and oxygen atoms in total. The lowest BCUT2D eigenvalue weighted by Crippen LogP contribution is -2.31. The van der Waals surface area contributed by atoms with Crippen molar-refractivity contribution in [1.82, 2.24) is 5.32 Å². The van der Waals surface area contributed by atoms with Crippen molar-refractivity contribution in [2.75, 3.05) is 6.54 Å². The number of hydrogen-bond acceptors (Lipinski definition) is 3. The van der Waals surface area contributed by atoms with Gasteiger partial charge in [-0.2, -0.15) is 0 Å². The summed E-state index contributed by atoms with van der Waals surface area (Å²) in [7, 11) is 0. The third-order valence-electron chi connectivity index (χ3n) is 2.58. The van der Waals surface area contributed by atoms with Gasteiger partial charge in [-0.1, -0.05) is 0 Å². The van der Waals surface area contributed by atoms with Crippen molar-refractivity contribution < 1.29 is 19.1 Å². The molecule has 0 spiro atoms. The number of hydrogen-bond donors (Lipinski definition) is 2. The number of furan rings is 1. The summed E-state index contributed by atoms with van der Waals surface area (Å²) < 4.78 is 5.15. The van der Waals surface area contributed by atoms with Crippen LogP contribution in [0.3, 0.4) is 0 Å². The van der Waals surface area contributed by atoms with E-state index in [2.05, 4.69) is 5.32 Å². The summed E-state index contributed by atoms with van der Waals surface area (Å²) in [6.45, 7) is 5.30. The van der Waals surface area contributed by atoms with Gasteiger partial charge in [0.2, 0.25) is 0 Å². The smallest absolute Gasteiger partial charge is 0.309 e. The molecule has 1 rings (SSSR count). The standard InChI is InChI=1S/C12H17NO4/c1-8-4-5-9(17-8)10(14)13-7-6-12(2,3)11(15)16/h4-5H,6-7H2,1-3H3,(H,13,14)(H,15,16). The van der Waals surface area contributed by atoms with Gasteiger partial charge in [0.05, 0.1) is 5.41 Å². The molecule has 0 radical (unpaired) electrons. The first-order valence-electron chi connectivity index (χ1n) is 5.41. The lowest BCUT2D eigenvalue weighted by molar-refractivity contribution is -0.147. The lowest BCUT2D eigenvalue weighted by Gasteiger charge is -2.18. The highest BCUT2D eigenvalue weighted by Crippen LogP contribution is 2.19. The van der Waals surface area contributed by atoms with Crippen molar-refractivity contribution in [3.05, 3.63) is 23.7 Å². The van der Waals surface area contributed by atoms with E-state index in [1.807, 2.05) is 0 Å². The molecule has 1 aromatic heterocycles. The van der Waals surface area contributed by atoms with Gasteiger partial charge >= 0.3 is 5.97 Å². The van der Waals surface area contributed by atoms with Crippen molar-refractivity contribution in [1.29, 1.82) is 0 Å². The molecule has 0 saturated heterocycles. The van der Waals surface area contributed by atoms with Crippen LogP contribution in [-0.4, -0.2) is 23.5 Å². The van der Waals surface area contributed by atoms with Crippen LogP contribution in [0.15, 0.2) is 16.5 Å². The molecule has 0 bridgehead atoms. The van der Waals surface area contributed by atoms with Gasteiger partial charge < -0.3 is 14.8 Å². The van der Waals surface area contributed by atoms with Crippen LogP contribution >= 0.6 is 0 Å². The molecule has 0 unspecified atom stereocenters. The minimum absolute atomic E-state index is 0.246. The van der Waals surface area contributed by atoms with E-state index in [-0.39, 0.29) is 11.7 Å². The normalized spacial score (nSPS) is 11.2. The maximum absolute atomic E-state index is 11.6. The Bertz CT molecular complexity index is 420. The zero-order valence-corrected chi connectivity index (χ0v) is 10.2. The molecular formula is C12H17NO4. The van der Waals surface area contributed by atoms with Gasteiger partial charge in [-0.05, 0) is 39.3 Å². The molecule has 94 valence electrons. The van der Waals surface area contributed by atoms with Crippen LogP contribution in [0.25, 0.3) is 0 Å². The Morgan fingerprint density at radius 2 is 2.06 bits per heavy atom. The second-order valence-electron chi connectivity index (χ2n) is 4.61. The van der Waals surface area contributed by atoms with E-state index in [9.17, 15) is 9.59 Å². The van der Waals surface area contributed by atoms with Gasteiger partial charge in [-0.25, -0.2) is 0 Å². The molecule has 0 aromatic carbocycles. The highest BCUT2D eigenvalue weighted by molar-refractivity contribution is 5.91. The van der Waals surface area contributed by atoms with Gasteiger partial charge in [0, 0.05) is 6.54 Å². The Labute approximate surface area is 99.8 Å². The van der Waals surface area contributed by atoms with Gasteiger partial charge in [-0.3, -0.25) is 9.59 Å². The fraction of sp³-hybridized carbons (Fsp3) is 0.500. The van der Waals surface area contributed by atoms with Crippen LogP contribution in [0.5, 0.6) is 0 Å². The molecule has 0 aliphatic heterocycles. The molecule has 0 atom stereocenters. The van der Waals surface area contributed by atoms with Crippen LogP contribution in [0.4, 0.5) is 0 Å². The predicted octanol–water partition coefficient (Wildman–Crippen LogP) is 1.82. The Morgan fingerprint density at radius 1 is 1.41 bits per heavy atom. The molecule has 1 amide bonds. The zero-order valence-electron chi connectivity index (χ0n) is 10.2. The molecule has 2 N–H and O–H groups in total. The summed E-state index contributed by atoms with van der Waals surface area (Å²) in [5, 5.41) is 11.5. The van der Waals surface area contributed by atoms with E-state index < -0.39 is 11.4 Å². The van der Waals surface area contributed by atoms with Crippen molar-refractivity contribution >= 4 is 11.9 Å². The van der Waals surface area contributed by atoms with E-state index in [0.29, 0.717) is 18.7 Å². The highest BCUT2D eigenvalue weighted by atomic mass is 16.4. The quantitative estimate of drug-likeness (QED) is 0.821. The number of carbonyl (C=O) groups is 2. The molecule has 0 fully saturated rings. The minimum atomic E-state index is -0.874. The molecule has 17 heavy (non-hydrogen) atoms. The summed E-state index contributed by atoms with van der Waals surface area (Å²) in [6.07, 6.45) is 0.369. The Balaban J connectivity index is 2.42. The second-order valence-corrected chi connectivity index (χ2v) is 4.61. The Kier molecular flexibility index (Phi) is 3.93. The van der Waals surface area contributed by atoms with E-state index >= 15 is 0 Å². The van der Waals surface area contributed by atoms with E-state index in [1.165, 1.54) is 0 Å². The summed E-state index contributed by atoms with van der Waals surface area (Å²) in [5.74, 6) is -0.281. The maximum Gasteiger partial charge on any atom is 0.309 e. The minimum Gasteiger partial charge on any atom is -0.481 e. The first kappa shape index (κ1) is 13.3. The Morgan fingerprint density at radius 3 is 2.53 bits per heavy atom. The second kappa shape index (κ2) is 5.03. The predicted molar refractivity (Wildman–Crippen MR) is 61.8 cm³/mol. The van der Waals surface area contributed by atoms with Crippen LogP contribution in [-0.2, 0) is 4.79 Å². The molecule has 0 aliphatic carbocycles. The molecule has 0 aliphatic rings. The van der Waals surface area contributed by atoms with E-state index in [0.717, 1.165) is 0 Å². The van der Waals surface area contributed by atoms with Crippen LogP contribution in [0.2, 0.25) is 0 Å². The van der Waals surface area contributed by atoms with Crippen LogP contribution in [0.1, 0.15) is 36.6 Å². The first-order valence-corrected chi connectivity index (χ1v) is 5.41. The van der Waals surface area contributed by atoms with Crippen molar-refractivity contribution in [2.45, 2.75) is 27.2 Å².